The fourth-order valence-electron chi connectivity index (χ4n) is 3.22. The Hall–Kier alpha value is -2.98. The predicted octanol–water partition coefficient (Wildman–Crippen LogP) is 4.77. The molecule has 162 valence electrons. The highest BCUT2D eigenvalue weighted by Gasteiger charge is 2.30. The van der Waals surface area contributed by atoms with Crippen LogP contribution in [0.2, 0.25) is 0 Å². The van der Waals surface area contributed by atoms with Gasteiger partial charge in [-0.1, -0.05) is 12.1 Å². The van der Waals surface area contributed by atoms with Crippen LogP contribution in [0, 0.1) is 0 Å². The average Bonchev–Trinajstić information content (AvgIpc) is 3.11. The Morgan fingerprint density at radius 3 is 2.35 bits per heavy atom. The quantitative estimate of drug-likeness (QED) is 0.580. The molecule has 1 aliphatic rings. The summed E-state index contributed by atoms with van der Waals surface area (Å²) in [4.78, 5) is 27.3. The molecule has 2 aromatic carbocycles. The number of rotatable bonds is 4. The number of hydrogen-bond donors (Lipinski definition) is 1. The Morgan fingerprint density at radius 2 is 1.68 bits per heavy atom. The van der Waals surface area contributed by atoms with E-state index >= 15 is 0 Å². The average molecular weight is 450 g/mol. The molecule has 2 heterocycles. The van der Waals surface area contributed by atoms with Crippen LogP contribution in [-0.2, 0) is 4.74 Å². The number of hydrogen-bond acceptors (Lipinski definition) is 5. The van der Waals surface area contributed by atoms with Gasteiger partial charge in [-0.3, -0.25) is 9.59 Å². The Balaban J connectivity index is 1.61. The molecule has 6 nitrogen and oxygen atoms in total. The summed E-state index contributed by atoms with van der Waals surface area (Å²) >= 11 is -0.257. The molecule has 0 bridgehead atoms. The topological polar surface area (TPSA) is 71.8 Å². The fourth-order valence-corrected chi connectivity index (χ4v) is 3.76. The lowest BCUT2D eigenvalue weighted by molar-refractivity contribution is -0.0328. The third-order valence-corrected chi connectivity index (χ3v) is 5.42. The van der Waals surface area contributed by atoms with Crippen molar-refractivity contribution in [2.24, 2.45) is 0 Å². The molecule has 0 aliphatic carbocycles. The van der Waals surface area contributed by atoms with E-state index in [4.69, 9.17) is 9.15 Å². The number of para-hydroxylation sites is 1. The van der Waals surface area contributed by atoms with Gasteiger partial charge in [0.05, 0.1) is 13.2 Å². The third kappa shape index (κ3) is 4.86. The van der Waals surface area contributed by atoms with Crippen LogP contribution < -0.4 is 5.32 Å². The number of benzene rings is 2. The fraction of sp³-hybridized carbons (Fsp3) is 0.238. The van der Waals surface area contributed by atoms with E-state index in [9.17, 15) is 22.8 Å². The van der Waals surface area contributed by atoms with Gasteiger partial charge in [0.15, 0.2) is 0 Å². The zero-order valence-corrected chi connectivity index (χ0v) is 16.9. The highest BCUT2D eigenvalue weighted by atomic mass is 32.2. The number of alkyl halides is 3. The van der Waals surface area contributed by atoms with Crippen LogP contribution >= 0.6 is 11.8 Å². The Kier molecular flexibility index (Phi) is 5.92. The van der Waals surface area contributed by atoms with Gasteiger partial charge in [0.2, 0.25) is 5.76 Å². The highest BCUT2D eigenvalue weighted by molar-refractivity contribution is 8.00. The zero-order chi connectivity index (χ0) is 22.0. The van der Waals surface area contributed by atoms with E-state index in [1.54, 1.807) is 29.2 Å². The molecule has 0 saturated carbocycles. The SMILES string of the molecule is O=C(Nc1c(C(=O)N2CCOCC2)oc2ccccc12)c1ccc(SC(F)(F)F)cc1. The Labute approximate surface area is 179 Å². The van der Waals surface area contributed by atoms with Gasteiger partial charge >= 0.3 is 5.51 Å². The summed E-state index contributed by atoms with van der Waals surface area (Å²) in [5.41, 5.74) is -3.59. The van der Waals surface area contributed by atoms with Gasteiger partial charge in [0.25, 0.3) is 11.8 Å². The second-order valence-electron chi connectivity index (χ2n) is 6.73. The predicted molar refractivity (Wildman–Crippen MR) is 109 cm³/mol. The largest absolute Gasteiger partial charge is 0.449 e. The molecule has 4 rings (SSSR count). The number of thioether (sulfide) groups is 1. The molecule has 10 heteroatoms. The van der Waals surface area contributed by atoms with Gasteiger partial charge in [-0.15, -0.1) is 0 Å². The molecule has 3 aromatic rings. The molecule has 1 fully saturated rings. The number of fused-ring (bicyclic) bond motifs is 1. The van der Waals surface area contributed by atoms with E-state index in [0.29, 0.717) is 37.3 Å². The maximum Gasteiger partial charge on any atom is 0.446 e. The van der Waals surface area contributed by atoms with E-state index in [2.05, 4.69) is 5.32 Å². The number of furan rings is 1. The van der Waals surface area contributed by atoms with Gasteiger partial charge in [-0.05, 0) is 48.2 Å². The molecule has 1 aromatic heterocycles. The number of nitrogens with one attached hydrogen (secondary N) is 1. The monoisotopic (exact) mass is 450 g/mol. The van der Waals surface area contributed by atoms with Crippen LogP contribution in [0.3, 0.4) is 0 Å². The van der Waals surface area contributed by atoms with Crippen LogP contribution in [0.4, 0.5) is 18.9 Å². The van der Waals surface area contributed by atoms with Crippen LogP contribution in [0.1, 0.15) is 20.9 Å². The highest BCUT2D eigenvalue weighted by Crippen LogP contribution is 2.37. The van der Waals surface area contributed by atoms with Gasteiger partial charge < -0.3 is 19.4 Å². The first kappa shape index (κ1) is 21.3. The number of halogens is 3. The maximum absolute atomic E-state index is 13.0. The van der Waals surface area contributed by atoms with E-state index in [1.807, 2.05) is 0 Å². The molecular formula is C21H17F3N2O4S. The molecule has 2 amide bonds. The lowest BCUT2D eigenvalue weighted by Gasteiger charge is -2.26. The summed E-state index contributed by atoms with van der Waals surface area (Å²) in [5.74, 6) is -0.932. The van der Waals surface area contributed by atoms with Gasteiger partial charge in [0, 0.05) is 28.9 Å². The van der Waals surface area contributed by atoms with Crippen LogP contribution in [0.15, 0.2) is 57.8 Å². The standard InChI is InChI=1S/C21H17F3N2O4S/c22-21(23,24)31-14-7-5-13(6-8-14)19(27)25-17-15-3-1-2-4-16(15)30-18(17)20(28)26-9-11-29-12-10-26/h1-8H,9-12H2,(H,25,27). The lowest BCUT2D eigenvalue weighted by Crippen LogP contribution is -2.40. The van der Waals surface area contributed by atoms with E-state index < -0.39 is 11.4 Å². The van der Waals surface area contributed by atoms with Crippen molar-refractivity contribution in [1.82, 2.24) is 4.90 Å². The summed E-state index contributed by atoms with van der Waals surface area (Å²) < 4.78 is 48.5. The number of morpholine rings is 1. The number of anilines is 1. The first-order chi connectivity index (χ1) is 14.8. The van der Waals surface area contributed by atoms with E-state index in [-0.39, 0.29) is 39.6 Å². The third-order valence-electron chi connectivity index (χ3n) is 4.68. The molecule has 1 saturated heterocycles. The van der Waals surface area contributed by atoms with Crippen molar-refractivity contribution < 1.29 is 31.9 Å². The van der Waals surface area contributed by atoms with Crippen LogP contribution in [0.25, 0.3) is 11.0 Å². The molecule has 1 N–H and O–H groups in total. The van der Waals surface area contributed by atoms with Crippen molar-refractivity contribution in [3.8, 4) is 0 Å². The van der Waals surface area contributed by atoms with Gasteiger partial charge in [0.1, 0.15) is 11.3 Å². The van der Waals surface area contributed by atoms with Crippen LogP contribution in [0.5, 0.6) is 0 Å². The summed E-state index contributed by atoms with van der Waals surface area (Å²) in [7, 11) is 0. The Bertz CT molecular complexity index is 1110. The summed E-state index contributed by atoms with van der Waals surface area (Å²) in [6.07, 6.45) is 0. The van der Waals surface area contributed by atoms with E-state index in [0.717, 1.165) is 0 Å². The van der Waals surface area contributed by atoms with Crippen LogP contribution in [-0.4, -0.2) is 48.5 Å². The number of ether oxygens (including phenoxy) is 1. The molecule has 31 heavy (non-hydrogen) atoms. The van der Waals surface area contributed by atoms with Crippen molar-refractivity contribution in [3.63, 3.8) is 0 Å². The molecule has 0 unspecified atom stereocenters. The van der Waals surface area contributed by atoms with Gasteiger partial charge in [-0.2, -0.15) is 13.2 Å². The van der Waals surface area contributed by atoms with Crippen molar-refractivity contribution in [1.29, 1.82) is 0 Å². The minimum absolute atomic E-state index is 0.000645. The number of nitrogens with zero attached hydrogens (tertiary/aromatic N) is 1. The lowest BCUT2D eigenvalue weighted by atomic mass is 10.1. The van der Waals surface area contributed by atoms with E-state index in [1.165, 1.54) is 24.3 Å². The van der Waals surface area contributed by atoms with Crippen molar-refractivity contribution in [2.45, 2.75) is 10.4 Å². The molecule has 0 radical (unpaired) electrons. The molecule has 1 aliphatic heterocycles. The zero-order valence-electron chi connectivity index (χ0n) is 16.1. The number of carbonyl (C=O) groups is 2. The normalized spacial score (nSPS) is 14.6. The van der Waals surface area contributed by atoms with Crippen molar-refractivity contribution >= 4 is 40.2 Å². The number of amides is 2. The second-order valence-corrected chi connectivity index (χ2v) is 7.87. The van der Waals surface area contributed by atoms with Crippen molar-refractivity contribution in [2.75, 3.05) is 31.6 Å². The summed E-state index contributed by atoms with van der Waals surface area (Å²) in [6, 6.07) is 11.9. The number of carbonyl (C=O) groups excluding carboxylic acids is 2. The summed E-state index contributed by atoms with van der Waals surface area (Å²) in [6.45, 7) is 1.63. The van der Waals surface area contributed by atoms with Crippen molar-refractivity contribution in [3.05, 3.63) is 59.9 Å². The Morgan fingerprint density at radius 1 is 1.00 bits per heavy atom. The second kappa shape index (κ2) is 8.64. The minimum atomic E-state index is -4.41. The molecule has 0 spiro atoms. The molecule has 0 atom stereocenters. The molecular weight excluding hydrogens is 433 g/mol. The van der Waals surface area contributed by atoms with Gasteiger partial charge in [-0.25, -0.2) is 0 Å². The smallest absolute Gasteiger partial charge is 0.446 e. The first-order valence-corrected chi connectivity index (χ1v) is 10.2. The maximum atomic E-state index is 13.0. The summed E-state index contributed by atoms with van der Waals surface area (Å²) in [5, 5.41) is 3.25. The minimum Gasteiger partial charge on any atom is -0.449 e. The first-order valence-electron chi connectivity index (χ1n) is 9.37.